The number of anilines is 2. The molecule has 2 aromatic rings. The van der Waals surface area contributed by atoms with Gasteiger partial charge in [-0.1, -0.05) is 0 Å². The van der Waals surface area contributed by atoms with Crippen molar-refractivity contribution in [1.82, 2.24) is 19.9 Å². The monoisotopic (exact) mass is 286 g/mol. The number of hydrogen-bond acceptors (Lipinski definition) is 5. The predicted molar refractivity (Wildman–Crippen MR) is 67.5 cm³/mol. The third-order valence-corrected chi connectivity index (χ3v) is 3.27. The molecule has 0 spiro atoms. The summed E-state index contributed by atoms with van der Waals surface area (Å²) in [5, 5.41) is 5.39. The molecule has 6 nitrogen and oxygen atoms in total. The van der Waals surface area contributed by atoms with Crippen molar-refractivity contribution in [3.63, 3.8) is 0 Å². The van der Waals surface area contributed by atoms with Gasteiger partial charge in [-0.15, -0.1) is 0 Å². The molecule has 2 heterocycles. The Kier molecular flexibility index (Phi) is 2.73. The van der Waals surface area contributed by atoms with Crippen LogP contribution in [-0.2, 0) is 0 Å². The van der Waals surface area contributed by atoms with E-state index in [0.29, 0.717) is 17.7 Å². The third-order valence-electron chi connectivity index (χ3n) is 3.27. The van der Waals surface area contributed by atoms with Crippen LogP contribution in [0.5, 0.6) is 0 Å². The van der Waals surface area contributed by atoms with E-state index in [2.05, 4.69) is 30.6 Å². The summed E-state index contributed by atoms with van der Waals surface area (Å²) < 4.78 is 39.0. The summed E-state index contributed by atoms with van der Waals surface area (Å²) in [5.41, 5.74) is -1.17. The molecule has 0 aliphatic heterocycles. The fraction of sp³-hybridized carbons (Fsp3) is 0.545. The van der Waals surface area contributed by atoms with Gasteiger partial charge in [0.25, 0.3) is 0 Å². The molecule has 3 rings (SSSR count). The molecule has 0 radical (unpaired) electrons. The maximum Gasteiger partial charge on any atom is 0.411 e. The summed E-state index contributed by atoms with van der Waals surface area (Å²) in [6.07, 6.45) is -2.82. The van der Waals surface area contributed by atoms with Crippen LogP contribution in [0.1, 0.15) is 19.8 Å². The smallest absolute Gasteiger partial charge is 0.354 e. The minimum Gasteiger partial charge on any atom is -0.354 e. The lowest BCUT2D eigenvalue weighted by Gasteiger charge is -2.21. The Hall–Kier alpha value is -2.06. The van der Waals surface area contributed by atoms with Crippen LogP contribution in [0.3, 0.4) is 0 Å². The number of aromatic nitrogens is 4. The highest BCUT2D eigenvalue weighted by molar-refractivity contribution is 5.84. The summed E-state index contributed by atoms with van der Waals surface area (Å²) in [6.45, 7) is 2.42. The van der Waals surface area contributed by atoms with Crippen LogP contribution in [-0.4, -0.2) is 38.2 Å². The third kappa shape index (κ3) is 2.02. The number of fused-ring (bicyclic) bond motifs is 1. The molecule has 0 atom stereocenters. The van der Waals surface area contributed by atoms with Crippen molar-refractivity contribution in [3.8, 4) is 0 Å². The minimum absolute atomic E-state index is 0.0483. The van der Waals surface area contributed by atoms with Crippen molar-refractivity contribution in [2.45, 2.75) is 31.5 Å². The number of H-pyrrole nitrogens is 1. The zero-order valence-electron chi connectivity index (χ0n) is 10.7. The summed E-state index contributed by atoms with van der Waals surface area (Å²) in [7, 11) is 0. The second kappa shape index (κ2) is 4.22. The van der Waals surface area contributed by atoms with Gasteiger partial charge in [-0.05, 0) is 19.8 Å². The van der Waals surface area contributed by atoms with Gasteiger partial charge in [-0.2, -0.15) is 23.1 Å². The van der Waals surface area contributed by atoms with Gasteiger partial charge in [0.1, 0.15) is 11.1 Å². The Morgan fingerprint density at radius 2 is 2.10 bits per heavy atom. The van der Waals surface area contributed by atoms with E-state index < -0.39 is 11.7 Å². The summed E-state index contributed by atoms with van der Waals surface area (Å²) in [5.74, 6) is 0.380. The Labute approximate surface area is 112 Å². The number of nitrogens with zero attached hydrogens (tertiary/aromatic N) is 3. The van der Waals surface area contributed by atoms with Crippen LogP contribution >= 0.6 is 0 Å². The van der Waals surface area contributed by atoms with Gasteiger partial charge < -0.3 is 15.6 Å². The quantitative estimate of drug-likeness (QED) is 0.803. The van der Waals surface area contributed by atoms with Gasteiger partial charge >= 0.3 is 6.18 Å². The first kappa shape index (κ1) is 12.9. The number of hydrogen-bond donors (Lipinski definition) is 3. The molecular weight excluding hydrogens is 273 g/mol. The van der Waals surface area contributed by atoms with Crippen LogP contribution in [0.4, 0.5) is 24.9 Å². The highest BCUT2D eigenvalue weighted by atomic mass is 19.4. The largest absolute Gasteiger partial charge is 0.411 e. The lowest BCUT2D eigenvalue weighted by molar-refractivity contribution is -0.151. The number of alkyl halides is 3. The molecule has 0 unspecified atom stereocenters. The van der Waals surface area contributed by atoms with Crippen LogP contribution in [0.15, 0.2) is 6.33 Å². The molecule has 0 amide bonds. The van der Waals surface area contributed by atoms with Crippen molar-refractivity contribution in [1.29, 1.82) is 0 Å². The van der Waals surface area contributed by atoms with E-state index in [4.69, 9.17) is 0 Å². The second-order valence-corrected chi connectivity index (χ2v) is 4.73. The zero-order chi connectivity index (χ0) is 14.4. The molecule has 3 N–H and O–H groups in total. The molecule has 2 aromatic heterocycles. The van der Waals surface area contributed by atoms with Crippen molar-refractivity contribution >= 4 is 22.9 Å². The van der Waals surface area contributed by atoms with E-state index in [1.807, 2.05) is 6.92 Å². The Bertz CT molecular complexity index is 631. The van der Waals surface area contributed by atoms with Gasteiger partial charge in [-0.3, -0.25) is 0 Å². The number of rotatable bonds is 4. The van der Waals surface area contributed by atoms with Gasteiger partial charge in [0.15, 0.2) is 11.5 Å². The van der Waals surface area contributed by atoms with Crippen LogP contribution in [0, 0.1) is 0 Å². The van der Waals surface area contributed by atoms with Crippen LogP contribution < -0.4 is 10.6 Å². The lowest BCUT2D eigenvalue weighted by Crippen LogP contribution is -2.39. The molecular formula is C11H13F3N6. The maximum absolute atomic E-state index is 13.0. The molecule has 9 heteroatoms. The number of nitrogens with one attached hydrogen (secondary N) is 3. The summed E-state index contributed by atoms with van der Waals surface area (Å²) in [6, 6.07) is 0. The molecule has 20 heavy (non-hydrogen) atoms. The Morgan fingerprint density at radius 1 is 1.35 bits per heavy atom. The van der Waals surface area contributed by atoms with Crippen LogP contribution in [0.25, 0.3) is 11.2 Å². The maximum atomic E-state index is 13.0. The highest BCUT2D eigenvalue weighted by Gasteiger charge is 2.64. The van der Waals surface area contributed by atoms with E-state index in [1.54, 1.807) is 0 Å². The molecule has 1 saturated carbocycles. The van der Waals surface area contributed by atoms with E-state index >= 15 is 0 Å². The lowest BCUT2D eigenvalue weighted by atomic mass is 10.2. The topological polar surface area (TPSA) is 78.5 Å². The van der Waals surface area contributed by atoms with Crippen molar-refractivity contribution in [3.05, 3.63) is 6.33 Å². The number of aromatic amines is 1. The molecule has 0 saturated heterocycles. The normalized spacial score (nSPS) is 17.2. The Morgan fingerprint density at radius 3 is 2.70 bits per heavy atom. The van der Waals surface area contributed by atoms with E-state index in [-0.39, 0.29) is 24.6 Å². The fourth-order valence-electron chi connectivity index (χ4n) is 1.99. The molecule has 1 fully saturated rings. The number of halogens is 3. The van der Waals surface area contributed by atoms with Crippen LogP contribution in [0.2, 0.25) is 0 Å². The van der Waals surface area contributed by atoms with E-state index in [9.17, 15) is 13.2 Å². The van der Waals surface area contributed by atoms with Gasteiger partial charge in [0, 0.05) is 6.54 Å². The first-order valence-electron chi connectivity index (χ1n) is 6.25. The average Bonchev–Trinajstić information content (AvgIpc) is 3.00. The molecule has 0 bridgehead atoms. The Balaban J connectivity index is 2.00. The van der Waals surface area contributed by atoms with Gasteiger partial charge in [0.05, 0.1) is 6.33 Å². The van der Waals surface area contributed by atoms with Gasteiger partial charge in [0.2, 0.25) is 5.95 Å². The molecule has 108 valence electrons. The molecule has 1 aliphatic carbocycles. The fourth-order valence-corrected chi connectivity index (χ4v) is 1.99. The zero-order valence-corrected chi connectivity index (χ0v) is 10.7. The SMILES string of the molecule is CCNc1nc(NC2(C(F)(F)F)CC2)c2[nH]cnc2n1. The van der Waals surface area contributed by atoms with Crippen molar-refractivity contribution in [2.24, 2.45) is 0 Å². The molecule has 1 aliphatic rings. The van der Waals surface area contributed by atoms with Crippen molar-refractivity contribution in [2.75, 3.05) is 17.2 Å². The minimum atomic E-state index is -4.30. The first-order valence-corrected chi connectivity index (χ1v) is 6.25. The number of imidazole rings is 1. The van der Waals surface area contributed by atoms with Crippen molar-refractivity contribution < 1.29 is 13.2 Å². The van der Waals surface area contributed by atoms with E-state index in [0.717, 1.165) is 0 Å². The average molecular weight is 286 g/mol. The van der Waals surface area contributed by atoms with E-state index in [1.165, 1.54) is 6.33 Å². The van der Waals surface area contributed by atoms with Gasteiger partial charge in [-0.25, -0.2) is 4.98 Å². The second-order valence-electron chi connectivity index (χ2n) is 4.73. The first-order chi connectivity index (χ1) is 9.45. The molecule has 0 aromatic carbocycles. The highest BCUT2D eigenvalue weighted by Crippen LogP contribution is 2.51. The standard InChI is InChI=1S/C11H13F3N6/c1-2-15-9-18-7-6(16-5-17-7)8(19-9)20-10(3-4-10)11(12,13)14/h5H,2-4H2,1H3,(H3,15,16,17,18,19,20). The summed E-state index contributed by atoms with van der Waals surface area (Å²) >= 11 is 0. The summed E-state index contributed by atoms with van der Waals surface area (Å²) in [4.78, 5) is 14.9. The predicted octanol–water partition coefficient (Wildman–Crippen LogP) is 2.29.